The Morgan fingerprint density at radius 3 is 2.46 bits per heavy atom. The van der Waals surface area contributed by atoms with Crippen molar-refractivity contribution in [3.05, 3.63) is 35.9 Å². The summed E-state index contributed by atoms with van der Waals surface area (Å²) in [6.07, 6.45) is 2.89. The Morgan fingerprint density at radius 1 is 1.18 bits per heavy atom. The molecule has 1 aromatic carbocycles. The number of nitrogens with one attached hydrogen (secondary N) is 3. The molecule has 1 aromatic rings. The topological polar surface area (TPSA) is 85.8 Å². The lowest BCUT2D eigenvalue weighted by Crippen LogP contribution is -2.48. The molecule has 1 aliphatic rings. The van der Waals surface area contributed by atoms with Crippen LogP contribution in [0.25, 0.3) is 0 Å². The van der Waals surface area contributed by atoms with Gasteiger partial charge in [-0.05, 0) is 31.7 Å². The number of hydrogen-bond acceptors (Lipinski definition) is 4. The third-order valence-electron chi connectivity index (χ3n) is 4.75. The van der Waals surface area contributed by atoms with Crippen LogP contribution in [-0.4, -0.2) is 64.3 Å². The number of piperidine rings is 1. The van der Waals surface area contributed by atoms with Gasteiger partial charge in [0.25, 0.3) is 0 Å². The maximum Gasteiger partial charge on any atom is 0.211 e. The average molecular weight is 523 g/mol. The van der Waals surface area contributed by atoms with Gasteiger partial charge < -0.3 is 10.6 Å². The largest absolute Gasteiger partial charge is 0.356 e. The highest BCUT2D eigenvalue weighted by Gasteiger charge is 2.19. The predicted octanol–water partition coefficient (Wildman–Crippen LogP) is 1.76. The van der Waals surface area contributed by atoms with E-state index in [1.165, 1.54) is 5.56 Å². The Bertz CT molecular complexity index is 677. The lowest BCUT2D eigenvalue weighted by atomic mass is 10.0. The molecule has 160 valence electrons. The molecule has 0 aromatic heterocycles. The van der Waals surface area contributed by atoms with Gasteiger partial charge in [0.05, 0.1) is 5.75 Å². The van der Waals surface area contributed by atoms with E-state index in [1.807, 2.05) is 0 Å². The number of benzene rings is 1. The monoisotopic (exact) mass is 523 g/mol. The van der Waals surface area contributed by atoms with E-state index < -0.39 is 10.0 Å². The fourth-order valence-corrected chi connectivity index (χ4v) is 3.75. The van der Waals surface area contributed by atoms with Crippen LogP contribution in [0.2, 0.25) is 0 Å². The normalized spacial score (nSPS) is 16.4. The van der Waals surface area contributed by atoms with Gasteiger partial charge in [-0.25, -0.2) is 13.1 Å². The molecule has 28 heavy (non-hydrogen) atoms. The first-order valence-corrected chi connectivity index (χ1v) is 11.4. The van der Waals surface area contributed by atoms with Crippen LogP contribution in [0.4, 0.5) is 0 Å². The van der Waals surface area contributed by atoms with Gasteiger partial charge in [0, 0.05) is 45.8 Å². The summed E-state index contributed by atoms with van der Waals surface area (Å²) in [5.74, 6) is 0.905. The average Bonchev–Trinajstić information content (AvgIpc) is 2.69. The zero-order chi connectivity index (χ0) is 19.5. The summed E-state index contributed by atoms with van der Waals surface area (Å²) in [6, 6.07) is 11.0. The van der Waals surface area contributed by atoms with E-state index in [9.17, 15) is 8.42 Å². The minimum absolute atomic E-state index is 0. The maximum absolute atomic E-state index is 11.4. The van der Waals surface area contributed by atoms with Crippen molar-refractivity contribution >= 4 is 40.0 Å². The van der Waals surface area contributed by atoms with Gasteiger partial charge >= 0.3 is 0 Å². The number of hydrogen-bond donors (Lipinski definition) is 3. The van der Waals surface area contributed by atoms with E-state index >= 15 is 0 Å². The van der Waals surface area contributed by atoms with Crippen molar-refractivity contribution in [1.29, 1.82) is 0 Å². The predicted molar refractivity (Wildman–Crippen MR) is 127 cm³/mol. The van der Waals surface area contributed by atoms with Crippen molar-refractivity contribution in [2.24, 2.45) is 4.99 Å². The summed E-state index contributed by atoms with van der Waals surface area (Å²) < 4.78 is 25.3. The third kappa shape index (κ3) is 9.53. The highest BCUT2D eigenvalue weighted by atomic mass is 127. The second kappa shape index (κ2) is 13.3. The zero-order valence-electron chi connectivity index (χ0n) is 16.9. The molecule has 3 N–H and O–H groups in total. The van der Waals surface area contributed by atoms with Crippen LogP contribution in [0.1, 0.15) is 31.7 Å². The number of rotatable bonds is 9. The quantitative estimate of drug-likeness (QED) is 0.199. The van der Waals surface area contributed by atoms with Gasteiger partial charge in [-0.2, -0.15) is 0 Å². The van der Waals surface area contributed by atoms with Crippen LogP contribution < -0.4 is 15.4 Å². The molecule has 0 amide bonds. The number of sulfonamides is 1. The molecule has 0 unspecified atom stereocenters. The minimum Gasteiger partial charge on any atom is -0.356 e. The smallest absolute Gasteiger partial charge is 0.211 e. The van der Waals surface area contributed by atoms with Crippen LogP contribution >= 0.6 is 24.0 Å². The molecule has 2 rings (SSSR count). The van der Waals surface area contributed by atoms with Gasteiger partial charge in [-0.1, -0.05) is 30.3 Å². The molecule has 0 spiro atoms. The fraction of sp³-hybridized carbons (Fsp3) is 0.632. The zero-order valence-corrected chi connectivity index (χ0v) is 20.0. The molecular weight excluding hydrogens is 489 g/mol. The van der Waals surface area contributed by atoms with Gasteiger partial charge in [0.15, 0.2) is 5.96 Å². The summed E-state index contributed by atoms with van der Waals surface area (Å²) in [5, 5.41) is 6.74. The summed E-state index contributed by atoms with van der Waals surface area (Å²) in [7, 11) is -1.34. The Kier molecular flexibility index (Phi) is 12.0. The second-order valence-electron chi connectivity index (χ2n) is 6.83. The Hall–Kier alpha value is -0.910. The van der Waals surface area contributed by atoms with Crippen molar-refractivity contribution in [1.82, 2.24) is 20.3 Å². The molecule has 1 fully saturated rings. The van der Waals surface area contributed by atoms with Crippen LogP contribution in [0.5, 0.6) is 0 Å². The molecule has 0 atom stereocenters. The molecule has 0 saturated carbocycles. The SMILES string of the molecule is CCS(=O)(=O)NCCCNC(=NC)NC1CCN(Cc2ccccc2)CC1.I. The van der Waals surface area contributed by atoms with Crippen molar-refractivity contribution in [3.63, 3.8) is 0 Å². The van der Waals surface area contributed by atoms with E-state index in [-0.39, 0.29) is 29.7 Å². The lowest BCUT2D eigenvalue weighted by molar-refractivity contribution is 0.198. The number of nitrogens with zero attached hydrogens (tertiary/aromatic N) is 2. The van der Waals surface area contributed by atoms with Crippen molar-refractivity contribution in [2.75, 3.05) is 39.0 Å². The maximum atomic E-state index is 11.4. The Balaban J connectivity index is 0.00000392. The van der Waals surface area contributed by atoms with Crippen molar-refractivity contribution < 1.29 is 8.42 Å². The molecule has 0 bridgehead atoms. The number of halogens is 1. The van der Waals surface area contributed by atoms with Crippen molar-refractivity contribution in [3.8, 4) is 0 Å². The third-order valence-corrected chi connectivity index (χ3v) is 6.15. The highest BCUT2D eigenvalue weighted by molar-refractivity contribution is 14.0. The first-order valence-electron chi connectivity index (χ1n) is 9.73. The van der Waals surface area contributed by atoms with Crippen LogP contribution in [-0.2, 0) is 16.6 Å². The van der Waals surface area contributed by atoms with Gasteiger partial charge in [-0.15, -0.1) is 24.0 Å². The van der Waals surface area contributed by atoms with E-state index in [4.69, 9.17) is 0 Å². The van der Waals surface area contributed by atoms with E-state index in [0.29, 0.717) is 19.1 Å². The van der Waals surface area contributed by atoms with Gasteiger partial charge in [0.1, 0.15) is 0 Å². The van der Waals surface area contributed by atoms with Gasteiger partial charge in [-0.3, -0.25) is 9.89 Å². The first-order chi connectivity index (χ1) is 13.0. The summed E-state index contributed by atoms with van der Waals surface area (Å²) in [6.45, 7) is 5.91. The Morgan fingerprint density at radius 2 is 1.86 bits per heavy atom. The minimum atomic E-state index is -3.10. The van der Waals surface area contributed by atoms with Crippen LogP contribution in [0.3, 0.4) is 0 Å². The van der Waals surface area contributed by atoms with Crippen LogP contribution in [0.15, 0.2) is 35.3 Å². The van der Waals surface area contributed by atoms with E-state index in [0.717, 1.165) is 44.9 Å². The number of likely N-dealkylation sites (tertiary alicyclic amines) is 1. The van der Waals surface area contributed by atoms with Crippen LogP contribution in [0, 0.1) is 0 Å². The second-order valence-corrected chi connectivity index (χ2v) is 8.93. The standard InChI is InChI=1S/C19H33N5O2S.HI/c1-3-27(25,26)22-13-7-12-21-19(20-2)23-18-10-14-24(15-11-18)16-17-8-5-4-6-9-17;/h4-6,8-9,18,22H,3,7,10-16H2,1-2H3,(H2,20,21,23);1H. The molecule has 1 heterocycles. The Labute approximate surface area is 186 Å². The molecule has 0 radical (unpaired) electrons. The number of guanidine groups is 1. The van der Waals surface area contributed by atoms with Gasteiger partial charge in [0.2, 0.25) is 10.0 Å². The number of aliphatic imine (C=N–C) groups is 1. The highest BCUT2D eigenvalue weighted by Crippen LogP contribution is 2.13. The first kappa shape index (κ1) is 25.1. The van der Waals surface area contributed by atoms with Crippen molar-refractivity contribution in [2.45, 2.75) is 38.8 Å². The lowest BCUT2D eigenvalue weighted by Gasteiger charge is -2.33. The fourth-order valence-electron chi connectivity index (χ4n) is 3.09. The molecule has 1 aliphatic heterocycles. The van der Waals surface area contributed by atoms with E-state index in [1.54, 1.807) is 14.0 Å². The molecular formula is C19H34IN5O2S. The molecule has 9 heteroatoms. The summed E-state index contributed by atoms with van der Waals surface area (Å²) in [5.41, 5.74) is 1.36. The summed E-state index contributed by atoms with van der Waals surface area (Å²) in [4.78, 5) is 6.76. The molecule has 7 nitrogen and oxygen atoms in total. The molecule has 0 aliphatic carbocycles. The van der Waals surface area contributed by atoms with E-state index in [2.05, 4.69) is 55.6 Å². The molecule has 1 saturated heterocycles. The summed E-state index contributed by atoms with van der Waals surface area (Å²) >= 11 is 0.